The summed E-state index contributed by atoms with van der Waals surface area (Å²) in [5.41, 5.74) is 5.83. The monoisotopic (exact) mass is 225 g/mol. The first-order valence-electron chi connectivity index (χ1n) is 5.38. The number of aliphatic hydroxyl groups excluding tert-OH is 1. The largest absolute Gasteiger partial charge is 0.497 e. The van der Waals surface area contributed by atoms with Crippen LogP contribution in [0.4, 0.5) is 0 Å². The van der Waals surface area contributed by atoms with E-state index in [0.29, 0.717) is 5.75 Å². The molecule has 90 valence electrons. The lowest BCUT2D eigenvalue weighted by Gasteiger charge is -2.22. The lowest BCUT2D eigenvalue weighted by Crippen LogP contribution is -2.41. The Morgan fingerprint density at radius 2 is 2.06 bits per heavy atom. The Hall–Kier alpha value is -1.26. The highest BCUT2D eigenvalue weighted by Gasteiger charge is 2.17. The summed E-state index contributed by atoms with van der Waals surface area (Å²) >= 11 is 0. The van der Waals surface area contributed by atoms with Gasteiger partial charge in [0.1, 0.15) is 17.6 Å². The third-order valence-corrected chi connectivity index (χ3v) is 2.46. The number of methoxy groups -OCH3 is 1. The molecule has 2 unspecified atom stereocenters. The van der Waals surface area contributed by atoms with Gasteiger partial charge in [0.15, 0.2) is 0 Å². The number of hydrogen-bond acceptors (Lipinski definition) is 4. The van der Waals surface area contributed by atoms with E-state index in [1.54, 1.807) is 13.2 Å². The normalized spacial score (nSPS) is 14.2. The van der Waals surface area contributed by atoms with Crippen LogP contribution >= 0.6 is 0 Å². The third-order valence-electron chi connectivity index (χ3n) is 2.46. The summed E-state index contributed by atoms with van der Waals surface area (Å²) in [6, 6.07) is 7.08. The second-order valence-electron chi connectivity index (χ2n) is 3.59. The molecule has 0 heterocycles. The fourth-order valence-electron chi connectivity index (χ4n) is 1.37. The smallest absolute Gasteiger partial charge is 0.137 e. The lowest BCUT2D eigenvalue weighted by atomic mass is 10.1. The highest BCUT2D eigenvalue weighted by Crippen LogP contribution is 2.20. The molecule has 0 spiro atoms. The summed E-state index contributed by atoms with van der Waals surface area (Å²) in [7, 11) is 1.60. The Morgan fingerprint density at radius 1 is 1.38 bits per heavy atom. The lowest BCUT2D eigenvalue weighted by molar-refractivity contribution is 0.0930. The van der Waals surface area contributed by atoms with Crippen molar-refractivity contribution in [2.24, 2.45) is 5.73 Å². The summed E-state index contributed by atoms with van der Waals surface area (Å²) in [4.78, 5) is 0. The van der Waals surface area contributed by atoms with Crippen molar-refractivity contribution in [3.8, 4) is 11.5 Å². The van der Waals surface area contributed by atoms with Gasteiger partial charge < -0.3 is 20.3 Å². The standard InChI is InChI=1S/C12H19NO3/c1-3-11(13)12(8-14)16-10-6-4-5-9(7-10)15-2/h4-7,11-12,14H,3,8,13H2,1-2H3. The maximum absolute atomic E-state index is 9.18. The van der Waals surface area contributed by atoms with Crippen LogP contribution in [0.3, 0.4) is 0 Å². The van der Waals surface area contributed by atoms with Crippen LogP contribution in [0.15, 0.2) is 24.3 Å². The zero-order valence-electron chi connectivity index (χ0n) is 9.72. The van der Waals surface area contributed by atoms with E-state index < -0.39 is 0 Å². The maximum Gasteiger partial charge on any atom is 0.137 e. The fourth-order valence-corrected chi connectivity index (χ4v) is 1.37. The first-order chi connectivity index (χ1) is 7.71. The van der Waals surface area contributed by atoms with Gasteiger partial charge in [-0.15, -0.1) is 0 Å². The van der Waals surface area contributed by atoms with Gasteiger partial charge in [-0.1, -0.05) is 13.0 Å². The van der Waals surface area contributed by atoms with E-state index in [1.807, 2.05) is 25.1 Å². The molecule has 0 fully saturated rings. The molecule has 0 aliphatic heterocycles. The van der Waals surface area contributed by atoms with Gasteiger partial charge in [-0.2, -0.15) is 0 Å². The van der Waals surface area contributed by atoms with Crippen LogP contribution in [0.5, 0.6) is 11.5 Å². The second kappa shape index (κ2) is 6.35. The van der Waals surface area contributed by atoms with E-state index in [4.69, 9.17) is 15.2 Å². The summed E-state index contributed by atoms with van der Waals surface area (Å²) in [6.07, 6.45) is 0.381. The van der Waals surface area contributed by atoms with Crippen LogP contribution in [0.25, 0.3) is 0 Å². The van der Waals surface area contributed by atoms with Gasteiger partial charge in [-0.05, 0) is 18.6 Å². The maximum atomic E-state index is 9.18. The number of rotatable bonds is 6. The van der Waals surface area contributed by atoms with Crippen LogP contribution in [0.2, 0.25) is 0 Å². The molecule has 1 aromatic rings. The molecule has 0 bridgehead atoms. The van der Waals surface area contributed by atoms with Gasteiger partial charge in [0, 0.05) is 12.1 Å². The third kappa shape index (κ3) is 3.40. The predicted molar refractivity (Wildman–Crippen MR) is 62.8 cm³/mol. The van der Waals surface area contributed by atoms with Crippen molar-refractivity contribution in [2.45, 2.75) is 25.5 Å². The Bertz CT molecular complexity index is 317. The minimum Gasteiger partial charge on any atom is -0.497 e. The van der Waals surface area contributed by atoms with Crippen molar-refractivity contribution < 1.29 is 14.6 Å². The average Bonchev–Trinajstić information content (AvgIpc) is 2.35. The Morgan fingerprint density at radius 3 is 2.62 bits per heavy atom. The summed E-state index contributed by atoms with van der Waals surface area (Å²) in [5.74, 6) is 1.38. The molecular weight excluding hydrogens is 206 g/mol. The molecule has 0 aromatic heterocycles. The molecule has 4 heteroatoms. The Labute approximate surface area is 96.0 Å². The van der Waals surface area contributed by atoms with Crippen molar-refractivity contribution in [3.63, 3.8) is 0 Å². The van der Waals surface area contributed by atoms with E-state index in [0.717, 1.165) is 12.2 Å². The first kappa shape index (κ1) is 12.8. The van der Waals surface area contributed by atoms with Crippen LogP contribution in [-0.4, -0.2) is 31.0 Å². The summed E-state index contributed by atoms with van der Waals surface area (Å²) in [5, 5.41) is 9.18. The number of nitrogens with two attached hydrogens (primary N) is 1. The van der Waals surface area contributed by atoms with Gasteiger partial charge in [0.05, 0.1) is 13.7 Å². The molecule has 0 aliphatic rings. The van der Waals surface area contributed by atoms with Crippen molar-refractivity contribution >= 4 is 0 Å². The molecule has 3 N–H and O–H groups in total. The predicted octanol–water partition coefficient (Wildman–Crippen LogP) is 1.17. The number of benzene rings is 1. The van der Waals surface area contributed by atoms with Gasteiger partial charge in [0.25, 0.3) is 0 Å². The molecule has 1 rings (SSSR count). The molecular formula is C12H19NO3. The zero-order valence-corrected chi connectivity index (χ0v) is 9.72. The highest BCUT2D eigenvalue weighted by molar-refractivity contribution is 5.33. The fraction of sp³-hybridized carbons (Fsp3) is 0.500. The number of hydrogen-bond donors (Lipinski definition) is 2. The average molecular weight is 225 g/mol. The van der Waals surface area contributed by atoms with E-state index >= 15 is 0 Å². The summed E-state index contributed by atoms with van der Waals surface area (Å²) in [6.45, 7) is 1.87. The molecule has 16 heavy (non-hydrogen) atoms. The van der Waals surface area contributed by atoms with Crippen molar-refractivity contribution in [2.75, 3.05) is 13.7 Å². The molecule has 0 saturated heterocycles. The minimum atomic E-state index is -0.378. The van der Waals surface area contributed by atoms with Crippen molar-refractivity contribution in [3.05, 3.63) is 24.3 Å². The van der Waals surface area contributed by atoms with E-state index in [9.17, 15) is 5.11 Å². The van der Waals surface area contributed by atoms with Gasteiger partial charge in [0.2, 0.25) is 0 Å². The first-order valence-corrected chi connectivity index (χ1v) is 5.38. The van der Waals surface area contributed by atoms with Gasteiger partial charge >= 0.3 is 0 Å². The van der Waals surface area contributed by atoms with Crippen molar-refractivity contribution in [1.29, 1.82) is 0 Å². The molecule has 0 amide bonds. The Balaban J connectivity index is 2.69. The van der Waals surface area contributed by atoms with Crippen LogP contribution in [0.1, 0.15) is 13.3 Å². The van der Waals surface area contributed by atoms with Crippen LogP contribution < -0.4 is 15.2 Å². The SMILES string of the molecule is CCC(N)C(CO)Oc1cccc(OC)c1. The molecule has 0 aliphatic carbocycles. The second-order valence-corrected chi connectivity index (χ2v) is 3.59. The van der Waals surface area contributed by atoms with Crippen LogP contribution in [-0.2, 0) is 0 Å². The topological polar surface area (TPSA) is 64.7 Å². The van der Waals surface area contributed by atoms with Gasteiger partial charge in [-0.3, -0.25) is 0 Å². The summed E-state index contributed by atoms with van der Waals surface area (Å²) < 4.78 is 10.7. The zero-order chi connectivity index (χ0) is 12.0. The Kier molecular flexibility index (Phi) is 5.08. The molecule has 2 atom stereocenters. The van der Waals surface area contributed by atoms with E-state index in [1.165, 1.54) is 0 Å². The van der Waals surface area contributed by atoms with Crippen LogP contribution in [0, 0.1) is 0 Å². The van der Waals surface area contributed by atoms with Gasteiger partial charge in [-0.25, -0.2) is 0 Å². The van der Waals surface area contributed by atoms with Crippen molar-refractivity contribution in [1.82, 2.24) is 0 Å². The molecule has 1 aromatic carbocycles. The highest BCUT2D eigenvalue weighted by atomic mass is 16.5. The molecule has 4 nitrogen and oxygen atoms in total. The molecule has 0 radical (unpaired) electrons. The number of aliphatic hydroxyl groups is 1. The minimum absolute atomic E-state index is 0.0911. The van der Waals surface area contributed by atoms with E-state index in [-0.39, 0.29) is 18.8 Å². The van der Waals surface area contributed by atoms with E-state index in [2.05, 4.69) is 0 Å². The quantitative estimate of drug-likeness (QED) is 0.763. The number of ether oxygens (including phenoxy) is 2. The molecule has 0 saturated carbocycles.